The number of rotatable bonds is 2. The molecule has 0 radical (unpaired) electrons. The predicted molar refractivity (Wildman–Crippen MR) is 80.5 cm³/mol. The normalized spacial score (nSPS) is 10.8. The van der Waals surface area contributed by atoms with Crippen LogP contribution in [0.3, 0.4) is 0 Å². The van der Waals surface area contributed by atoms with Crippen LogP contribution in [0, 0.1) is 11.8 Å². The van der Waals surface area contributed by atoms with Gasteiger partial charge in [-0.2, -0.15) is 5.10 Å². The molecule has 120 valence electrons. The largest absolute Gasteiger partial charge is 0.573 e. The van der Waals surface area contributed by atoms with E-state index in [1.54, 1.807) is 36.9 Å². The summed E-state index contributed by atoms with van der Waals surface area (Å²) >= 11 is 0. The van der Waals surface area contributed by atoms with E-state index in [0.29, 0.717) is 11.3 Å². The van der Waals surface area contributed by atoms with Crippen LogP contribution in [0.15, 0.2) is 61.2 Å². The molecule has 0 aliphatic rings. The van der Waals surface area contributed by atoms with Gasteiger partial charge in [-0.3, -0.25) is 4.98 Å². The van der Waals surface area contributed by atoms with E-state index in [9.17, 15) is 13.2 Å². The number of benzene rings is 1. The third-order valence-corrected chi connectivity index (χ3v) is 2.95. The first kappa shape index (κ1) is 15.6. The van der Waals surface area contributed by atoms with E-state index in [1.165, 1.54) is 28.9 Å². The maximum absolute atomic E-state index is 12.1. The molecule has 0 fully saturated rings. The van der Waals surface area contributed by atoms with E-state index in [0.717, 1.165) is 5.56 Å². The quantitative estimate of drug-likeness (QED) is 0.675. The van der Waals surface area contributed by atoms with Gasteiger partial charge >= 0.3 is 6.36 Å². The molecule has 3 rings (SSSR count). The lowest BCUT2D eigenvalue weighted by Gasteiger charge is -2.09. The molecule has 4 nitrogen and oxygen atoms in total. The summed E-state index contributed by atoms with van der Waals surface area (Å²) in [4.78, 5) is 3.91. The van der Waals surface area contributed by atoms with Crippen molar-refractivity contribution >= 4 is 0 Å². The lowest BCUT2D eigenvalue weighted by molar-refractivity contribution is -0.274. The lowest BCUT2D eigenvalue weighted by Crippen LogP contribution is -2.17. The minimum absolute atomic E-state index is 0.281. The number of aromatic nitrogens is 3. The molecule has 0 bridgehead atoms. The number of hydrogen-bond acceptors (Lipinski definition) is 3. The van der Waals surface area contributed by atoms with E-state index < -0.39 is 6.36 Å². The lowest BCUT2D eigenvalue weighted by atomic mass is 10.2. The summed E-state index contributed by atoms with van der Waals surface area (Å²) in [7, 11) is 0. The minimum Gasteiger partial charge on any atom is -0.406 e. The van der Waals surface area contributed by atoms with Gasteiger partial charge in [0.05, 0.1) is 17.4 Å². The maximum atomic E-state index is 12.1. The number of nitrogens with zero attached hydrogens (tertiary/aromatic N) is 3. The standard InChI is InChI=1S/C17H10F3N3O/c18-17(19,20)24-16-5-3-15(4-6-16)23-12-14(11-22-23)2-1-13-7-9-21-10-8-13/h3-12H. The average Bonchev–Trinajstić information content (AvgIpc) is 3.02. The molecule has 2 heterocycles. The number of ether oxygens (including phenoxy) is 1. The van der Waals surface area contributed by atoms with Gasteiger partial charge in [0.1, 0.15) is 5.75 Å². The molecule has 0 N–H and O–H groups in total. The first-order valence-corrected chi connectivity index (χ1v) is 6.82. The van der Waals surface area contributed by atoms with Gasteiger partial charge in [-0.15, -0.1) is 13.2 Å². The molecule has 3 aromatic rings. The van der Waals surface area contributed by atoms with Gasteiger partial charge < -0.3 is 4.74 Å². The zero-order chi connectivity index (χ0) is 17.0. The van der Waals surface area contributed by atoms with E-state index in [-0.39, 0.29) is 5.75 Å². The summed E-state index contributed by atoms with van der Waals surface area (Å²) in [6.07, 6.45) is 1.86. The molecular formula is C17H10F3N3O. The van der Waals surface area contributed by atoms with E-state index in [1.807, 2.05) is 0 Å². The smallest absolute Gasteiger partial charge is 0.406 e. The summed E-state index contributed by atoms with van der Waals surface area (Å²) in [5.74, 6) is 5.65. The van der Waals surface area contributed by atoms with Crippen LogP contribution >= 0.6 is 0 Å². The van der Waals surface area contributed by atoms with Crippen molar-refractivity contribution in [2.75, 3.05) is 0 Å². The summed E-state index contributed by atoms with van der Waals surface area (Å²) in [6.45, 7) is 0. The number of pyridine rings is 1. The highest BCUT2D eigenvalue weighted by atomic mass is 19.4. The minimum atomic E-state index is -4.71. The van der Waals surface area contributed by atoms with Gasteiger partial charge in [-0.1, -0.05) is 11.8 Å². The van der Waals surface area contributed by atoms with E-state index in [2.05, 4.69) is 26.7 Å². The Hall–Kier alpha value is -3.27. The van der Waals surface area contributed by atoms with Crippen LogP contribution in [-0.2, 0) is 0 Å². The van der Waals surface area contributed by atoms with Gasteiger partial charge in [0, 0.05) is 24.2 Å². The second-order valence-electron chi connectivity index (χ2n) is 4.70. The van der Waals surface area contributed by atoms with Crippen molar-refractivity contribution in [1.29, 1.82) is 0 Å². The molecule has 0 atom stereocenters. The van der Waals surface area contributed by atoms with Gasteiger partial charge in [0.25, 0.3) is 0 Å². The Morgan fingerprint density at radius 1 is 0.917 bits per heavy atom. The van der Waals surface area contributed by atoms with Crippen molar-refractivity contribution in [2.45, 2.75) is 6.36 Å². The fraction of sp³-hybridized carbons (Fsp3) is 0.0588. The van der Waals surface area contributed by atoms with Crippen molar-refractivity contribution in [3.63, 3.8) is 0 Å². The molecule has 1 aromatic carbocycles. The number of alkyl halides is 3. The molecule has 0 spiro atoms. The summed E-state index contributed by atoms with van der Waals surface area (Å²) in [5.41, 5.74) is 2.11. The SMILES string of the molecule is FC(F)(F)Oc1ccc(-n2cc(C#Cc3ccncc3)cn2)cc1. The van der Waals surface area contributed by atoms with E-state index in [4.69, 9.17) is 0 Å². The van der Waals surface area contributed by atoms with Gasteiger partial charge in [-0.25, -0.2) is 4.68 Å². The van der Waals surface area contributed by atoms with Gasteiger partial charge in [-0.05, 0) is 36.4 Å². The fourth-order valence-electron chi connectivity index (χ4n) is 1.91. The molecule has 0 unspecified atom stereocenters. The zero-order valence-corrected chi connectivity index (χ0v) is 12.2. The molecule has 0 aliphatic heterocycles. The molecule has 0 amide bonds. The van der Waals surface area contributed by atoms with Crippen molar-refractivity contribution in [2.24, 2.45) is 0 Å². The fourth-order valence-corrected chi connectivity index (χ4v) is 1.91. The average molecular weight is 329 g/mol. The van der Waals surface area contributed by atoms with Crippen molar-refractivity contribution in [3.05, 3.63) is 72.3 Å². The highest BCUT2D eigenvalue weighted by Gasteiger charge is 2.30. The molecule has 0 saturated carbocycles. The first-order chi connectivity index (χ1) is 11.5. The monoisotopic (exact) mass is 329 g/mol. The van der Waals surface area contributed by atoms with Crippen LogP contribution in [-0.4, -0.2) is 21.1 Å². The zero-order valence-electron chi connectivity index (χ0n) is 12.2. The Morgan fingerprint density at radius 3 is 2.25 bits per heavy atom. The number of hydrogen-bond donors (Lipinski definition) is 0. The number of halogens is 3. The molecule has 24 heavy (non-hydrogen) atoms. The summed E-state index contributed by atoms with van der Waals surface area (Å²) < 4.78 is 41.8. The Balaban J connectivity index is 1.75. The van der Waals surface area contributed by atoms with Crippen LogP contribution in [0.25, 0.3) is 5.69 Å². The van der Waals surface area contributed by atoms with Gasteiger partial charge in [0.2, 0.25) is 0 Å². The van der Waals surface area contributed by atoms with Crippen LogP contribution in [0.4, 0.5) is 13.2 Å². The molecule has 7 heteroatoms. The predicted octanol–water partition coefficient (Wildman–Crippen LogP) is 3.57. The highest BCUT2D eigenvalue weighted by molar-refractivity contribution is 5.42. The summed E-state index contributed by atoms with van der Waals surface area (Å²) in [6, 6.07) is 9.00. The second kappa shape index (κ2) is 6.46. The van der Waals surface area contributed by atoms with Crippen LogP contribution in [0.1, 0.15) is 11.1 Å². The Morgan fingerprint density at radius 2 is 1.58 bits per heavy atom. The van der Waals surface area contributed by atoms with Gasteiger partial charge in [0.15, 0.2) is 0 Å². The van der Waals surface area contributed by atoms with Crippen LogP contribution in [0.5, 0.6) is 5.75 Å². The van der Waals surface area contributed by atoms with Crippen molar-refractivity contribution in [3.8, 4) is 23.3 Å². The topological polar surface area (TPSA) is 39.9 Å². The highest BCUT2D eigenvalue weighted by Crippen LogP contribution is 2.23. The van der Waals surface area contributed by atoms with Crippen molar-refractivity contribution in [1.82, 2.24) is 14.8 Å². The molecule has 0 aliphatic carbocycles. The molecular weight excluding hydrogens is 319 g/mol. The maximum Gasteiger partial charge on any atom is 0.573 e. The molecule has 0 saturated heterocycles. The van der Waals surface area contributed by atoms with Crippen LogP contribution in [0.2, 0.25) is 0 Å². The second-order valence-corrected chi connectivity index (χ2v) is 4.70. The third kappa shape index (κ3) is 4.14. The Labute approximate surface area is 135 Å². The van der Waals surface area contributed by atoms with Crippen LogP contribution < -0.4 is 4.74 Å². The Bertz CT molecular complexity index is 875. The molecule has 2 aromatic heterocycles. The first-order valence-electron chi connectivity index (χ1n) is 6.82. The third-order valence-electron chi connectivity index (χ3n) is 2.95. The summed E-state index contributed by atoms with van der Waals surface area (Å²) in [5, 5.41) is 4.14. The Kier molecular flexibility index (Phi) is 4.20. The van der Waals surface area contributed by atoms with Crippen molar-refractivity contribution < 1.29 is 17.9 Å². The van der Waals surface area contributed by atoms with E-state index >= 15 is 0 Å².